The molecular weight excluding hydrogens is 272 g/mol. The highest BCUT2D eigenvalue weighted by Crippen LogP contribution is 2.24. The van der Waals surface area contributed by atoms with E-state index in [1.54, 1.807) is 18.4 Å². The first-order valence-electron chi connectivity index (χ1n) is 6.36. The zero-order chi connectivity index (χ0) is 14.4. The Labute approximate surface area is 122 Å². The predicted molar refractivity (Wildman–Crippen MR) is 82.4 cm³/mol. The van der Waals surface area contributed by atoms with Gasteiger partial charge < -0.3 is 15.4 Å². The van der Waals surface area contributed by atoms with Gasteiger partial charge in [-0.05, 0) is 36.1 Å². The fraction of sp³-hybridized carbons (Fsp3) is 0.267. The molecule has 1 amide bonds. The lowest BCUT2D eigenvalue weighted by Crippen LogP contribution is -2.29. The number of anilines is 1. The minimum Gasteiger partial charge on any atom is -0.495 e. The molecule has 0 bridgehead atoms. The number of amides is 1. The van der Waals surface area contributed by atoms with Crippen molar-refractivity contribution >= 4 is 22.9 Å². The molecule has 0 atom stereocenters. The average Bonchev–Trinajstić information content (AvgIpc) is 2.96. The highest BCUT2D eigenvalue weighted by molar-refractivity contribution is 7.09. The third-order valence-electron chi connectivity index (χ3n) is 2.83. The van der Waals surface area contributed by atoms with Crippen molar-refractivity contribution in [1.82, 2.24) is 5.32 Å². The van der Waals surface area contributed by atoms with Gasteiger partial charge in [0.2, 0.25) is 5.91 Å². The minimum atomic E-state index is -0.0399. The highest BCUT2D eigenvalue weighted by atomic mass is 32.1. The predicted octanol–water partition coefficient (Wildman–Crippen LogP) is 2.79. The molecule has 2 N–H and O–H groups in total. The van der Waals surface area contributed by atoms with Crippen molar-refractivity contribution in [2.75, 3.05) is 19.0 Å². The van der Waals surface area contributed by atoms with Crippen LogP contribution in [-0.4, -0.2) is 19.6 Å². The Kier molecular flexibility index (Phi) is 5.01. The Morgan fingerprint density at radius 3 is 2.90 bits per heavy atom. The summed E-state index contributed by atoms with van der Waals surface area (Å²) in [6.07, 6.45) is 0. The smallest absolute Gasteiger partial charge is 0.239 e. The molecule has 5 heteroatoms. The second-order valence-corrected chi connectivity index (χ2v) is 5.45. The number of nitrogens with one attached hydrogen (secondary N) is 2. The Balaban J connectivity index is 1.85. The Bertz CT molecular complexity index is 567. The van der Waals surface area contributed by atoms with Gasteiger partial charge in [0.15, 0.2) is 0 Å². The summed E-state index contributed by atoms with van der Waals surface area (Å²) in [6.45, 7) is 2.80. The van der Waals surface area contributed by atoms with E-state index in [0.29, 0.717) is 6.54 Å². The van der Waals surface area contributed by atoms with Crippen LogP contribution >= 0.6 is 11.3 Å². The van der Waals surface area contributed by atoms with Crippen molar-refractivity contribution in [2.24, 2.45) is 0 Å². The fourth-order valence-electron chi connectivity index (χ4n) is 1.80. The van der Waals surface area contributed by atoms with Crippen LogP contribution in [0.2, 0.25) is 0 Å². The molecule has 0 radical (unpaired) electrons. The molecule has 0 aliphatic heterocycles. The van der Waals surface area contributed by atoms with E-state index in [4.69, 9.17) is 4.74 Å². The molecule has 1 aromatic carbocycles. The van der Waals surface area contributed by atoms with Crippen LogP contribution in [0.25, 0.3) is 0 Å². The molecule has 20 heavy (non-hydrogen) atoms. The number of hydrogen-bond acceptors (Lipinski definition) is 4. The van der Waals surface area contributed by atoms with Crippen LogP contribution in [0, 0.1) is 6.92 Å². The Morgan fingerprint density at radius 2 is 2.20 bits per heavy atom. The van der Waals surface area contributed by atoms with E-state index in [1.807, 2.05) is 42.6 Å². The summed E-state index contributed by atoms with van der Waals surface area (Å²) in [5.74, 6) is 0.698. The van der Waals surface area contributed by atoms with Crippen molar-refractivity contribution in [3.05, 3.63) is 46.2 Å². The van der Waals surface area contributed by atoms with Crippen LogP contribution in [0.4, 0.5) is 5.69 Å². The summed E-state index contributed by atoms with van der Waals surface area (Å²) in [5.41, 5.74) is 1.95. The standard InChI is InChI=1S/C15H18N2O2S/c1-11-5-6-14(19-2)13(8-11)16-10-15(18)17-9-12-4-3-7-20-12/h3-8,16H,9-10H2,1-2H3,(H,17,18). The van der Waals surface area contributed by atoms with Gasteiger partial charge in [-0.25, -0.2) is 0 Å². The van der Waals surface area contributed by atoms with Gasteiger partial charge in [-0.3, -0.25) is 4.79 Å². The topological polar surface area (TPSA) is 50.4 Å². The van der Waals surface area contributed by atoms with Crippen molar-refractivity contribution in [3.8, 4) is 5.75 Å². The van der Waals surface area contributed by atoms with Crippen LogP contribution in [0.3, 0.4) is 0 Å². The second-order valence-electron chi connectivity index (χ2n) is 4.41. The molecular formula is C15H18N2O2S. The van der Waals surface area contributed by atoms with Crippen LogP contribution in [0.15, 0.2) is 35.7 Å². The molecule has 0 saturated heterocycles. The molecule has 0 aliphatic rings. The first-order valence-corrected chi connectivity index (χ1v) is 7.24. The summed E-state index contributed by atoms with van der Waals surface area (Å²) >= 11 is 1.63. The molecule has 2 aromatic rings. The highest BCUT2D eigenvalue weighted by Gasteiger charge is 2.06. The van der Waals surface area contributed by atoms with Crippen LogP contribution in [0.1, 0.15) is 10.4 Å². The maximum atomic E-state index is 11.8. The third-order valence-corrected chi connectivity index (χ3v) is 3.71. The molecule has 0 aliphatic carbocycles. The molecule has 0 spiro atoms. The van der Waals surface area contributed by atoms with E-state index in [-0.39, 0.29) is 12.5 Å². The summed E-state index contributed by atoms with van der Waals surface area (Å²) in [5, 5.41) is 7.97. The number of thiophene rings is 1. The quantitative estimate of drug-likeness (QED) is 0.860. The van der Waals surface area contributed by atoms with E-state index in [2.05, 4.69) is 10.6 Å². The molecule has 4 nitrogen and oxygen atoms in total. The third kappa shape index (κ3) is 3.99. The van der Waals surface area contributed by atoms with Crippen LogP contribution in [0.5, 0.6) is 5.75 Å². The van der Waals surface area contributed by atoms with Gasteiger partial charge in [0.25, 0.3) is 0 Å². The molecule has 0 fully saturated rings. The second kappa shape index (κ2) is 6.96. The Hall–Kier alpha value is -2.01. The normalized spacial score (nSPS) is 10.1. The maximum Gasteiger partial charge on any atom is 0.239 e. The molecule has 0 unspecified atom stereocenters. The van der Waals surface area contributed by atoms with Crippen molar-refractivity contribution in [1.29, 1.82) is 0 Å². The first kappa shape index (κ1) is 14.4. The fourth-order valence-corrected chi connectivity index (χ4v) is 2.44. The van der Waals surface area contributed by atoms with Gasteiger partial charge in [-0.15, -0.1) is 11.3 Å². The molecule has 2 rings (SSSR count). The van der Waals surface area contributed by atoms with E-state index in [1.165, 1.54) is 0 Å². The SMILES string of the molecule is COc1ccc(C)cc1NCC(=O)NCc1cccs1. The van der Waals surface area contributed by atoms with E-state index in [0.717, 1.165) is 21.9 Å². The number of hydrogen-bond donors (Lipinski definition) is 2. The van der Waals surface area contributed by atoms with Gasteiger partial charge in [-0.2, -0.15) is 0 Å². The zero-order valence-corrected chi connectivity index (χ0v) is 12.4. The first-order chi connectivity index (χ1) is 9.69. The number of carbonyl (C=O) groups excluding carboxylic acids is 1. The van der Waals surface area contributed by atoms with E-state index in [9.17, 15) is 4.79 Å². The van der Waals surface area contributed by atoms with Crippen molar-refractivity contribution in [3.63, 3.8) is 0 Å². The molecule has 1 heterocycles. The minimum absolute atomic E-state index is 0.0399. The average molecular weight is 290 g/mol. The molecule has 106 valence electrons. The van der Waals surface area contributed by atoms with Gasteiger partial charge in [-0.1, -0.05) is 12.1 Å². The maximum absolute atomic E-state index is 11.8. The van der Waals surface area contributed by atoms with E-state index < -0.39 is 0 Å². The van der Waals surface area contributed by atoms with Gasteiger partial charge in [0.05, 0.1) is 25.9 Å². The largest absolute Gasteiger partial charge is 0.495 e. The number of rotatable bonds is 6. The van der Waals surface area contributed by atoms with Gasteiger partial charge in [0, 0.05) is 4.88 Å². The summed E-state index contributed by atoms with van der Waals surface area (Å²) in [4.78, 5) is 12.9. The number of ether oxygens (including phenoxy) is 1. The number of benzene rings is 1. The summed E-state index contributed by atoms with van der Waals surface area (Å²) in [6, 6.07) is 9.80. The zero-order valence-electron chi connectivity index (χ0n) is 11.6. The summed E-state index contributed by atoms with van der Waals surface area (Å²) in [7, 11) is 1.62. The lowest BCUT2D eigenvalue weighted by molar-refractivity contribution is -0.119. The Morgan fingerprint density at radius 1 is 1.35 bits per heavy atom. The van der Waals surface area contributed by atoms with Crippen molar-refractivity contribution < 1.29 is 9.53 Å². The summed E-state index contributed by atoms with van der Waals surface area (Å²) < 4.78 is 5.26. The molecule has 0 saturated carbocycles. The van der Waals surface area contributed by atoms with Crippen molar-refractivity contribution in [2.45, 2.75) is 13.5 Å². The number of methoxy groups -OCH3 is 1. The lowest BCUT2D eigenvalue weighted by Gasteiger charge is -2.12. The van der Waals surface area contributed by atoms with Gasteiger partial charge >= 0.3 is 0 Å². The monoisotopic (exact) mass is 290 g/mol. The van der Waals surface area contributed by atoms with Crippen LogP contribution < -0.4 is 15.4 Å². The van der Waals surface area contributed by atoms with E-state index >= 15 is 0 Å². The number of carbonyl (C=O) groups is 1. The van der Waals surface area contributed by atoms with Gasteiger partial charge in [0.1, 0.15) is 5.75 Å². The lowest BCUT2D eigenvalue weighted by atomic mass is 10.2. The van der Waals surface area contributed by atoms with Crippen LogP contribution in [-0.2, 0) is 11.3 Å². The number of aryl methyl sites for hydroxylation is 1. The molecule has 1 aromatic heterocycles.